The Morgan fingerprint density at radius 3 is 2.95 bits per heavy atom. The maximum Gasteiger partial charge on any atom is 0.0951 e. The van der Waals surface area contributed by atoms with Crippen LogP contribution in [0, 0.1) is 0 Å². The van der Waals surface area contributed by atoms with E-state index in [1.54, 1.807) is 0 Å². The molecule has 2 aromatic carbocycles. The van der Waals surface area contributed by atoms with E-state index in [2.05, 4.69) is 57.3 Å². The van der Waals surface area contributed by atoms with Gasteiger partial charge >= 0.3 is 0 Å². The summed E-state index contributed by atoms with van der Waals surface area (Å²) < 4.78 is 2.28. The molecule has 1 aliphatic heterocycles. The van der Waals surface area contributed by atoms with Crippen LogP contribution in [-0.2, 0) is 6.54 Å². The molecule has 0 radical (unpaired) electrons. The van der Waals surface area contributed by atoms with E-state index in [-0.39, 0.29) is 0 Å². The average Bonchev–Trinajstić information content (AvgIpc) is 3.18. The number of benzene rings is 2. The topological polar surface area (TPSA) is 29.9 Å². The lowest BCUT2D eigenvalue weighted by molar-refractivity contribution is 0.585. The molecule has 2 heterocycles. The standard InChI is InChI=1S/C18H19N3/c1-2-8-16-14(5-1)6-3-7-15(16)12-21-13-19-11-18(21)17-9-4-10-20-17/h1-3,5-8,11,13,17,20H,4,9-10,12H2/t17-/m0/s1. The van der Waals surface area contributed by atoms with Gasteiger partial charge in [0.2, 0.25) is 0 Å². The zero-order valence-electron chi connectivity index (χ0n) is 12.0. The maximum absolute atomic E-state index is 4.37. The number of aromatic nitrogens is 2. The van der Waals surface area contributed by atoms with Gasteiger partial charge in [-0.05, 0) is 35.7 Å². The molecule has 0 aliphatic carbocycles. The van der Waals surface area contributed by atoms with Crippen LogP contribution in [-0.4, -0.2) is 16.1 Å². The summed E-state index contributed by atoms with van der Waals surface area (Å²) in [6.45, 7) is 2.00. The first-order valence-corrected chi connectivity index (χ1v) is 7.62. The van der Waals surface area contributed by atoms with Crippen LogP contribution in [0.5, 0.6) is 0 Å². The van der Waals surface area contributed by atoms with Crippen molar-refractivity contribution >= 4 is 10.8 Å². The van der Waals surface area contributed by atoms with Crippen molar-refractivity contribution in [2.75, 3.05) is 6.54 Å². The third kappa shape index (κ3) is 2.34. The van der Waals surface area contributed by atoms with E-state index in [1.165, 1.54) is 34.9 Å². The monoisotopic (exact) mass is 277 g/mol. The molecule has 1 aromatic heterocycles. The van der Waals surface area contributed by atoms with Crippen molar-refractivity contribution in [3.63, 3.8) is 0 Å². The predicted molar refractivity (Wildman–Crippen MR) is 85.3 cm³/mol. The minimum Gasteiger partial charge on any atom is -0.329 e. The summed E-state index contributed by atoms with van der Waals surface area (Å²) in [5.74, 6) is 0. The Balaban J connectivity index is 1.71. The number of fused-ring (bicyclic) bond motifs is 1. The Kier molecular flexibility index (Phi) is 3.20. The molecule has 4 rings (SSSR count). The summed E-state index contributed by atoms with van der Waals surface area (Å²) in [5.41, 5.74) is 2.66. The van der Waals surface area contributed by atoms with Gasteiger partial charge < -0.3 is 9.88 Å². The van der Waals surface area contributed by atoms with E-state index < -0.39 is 0 Å². The van der Waals surface area contributed by atoms with Crippen molar-refractivity contribution in [2.24, 2.45) is 0 Å². The van der Waals surface area contributed by atoms with Crippen LogP contribution >= 0.6 is 0 Å². The highest BCUT2D eigenvalue weighted by atomic mass is 15.1. The average molecular weight is 277 g/mol. The molecule has 106 valence electrons. The Hall–Kier alpha value is -2.13. The summed E-state index contributed by atoms with van der Waals surface area (Å²) in [5, 5.41) is 6.20. The van der Waals surface area contributed by atoms with E-state index in [0.717, 1.165) is 13.1 Å². The first kappa shape index (κ1) is 12.6. The van der Waals surface area contributed by atoms with Crippen LogP contribution in [0.1, 0.15) is 30.1 Å². The molecule has 1 N–H and O–H groups in total. The fraction of sp³-hybridized carbons (Fsp3) is 0.278. The summed E-state index contributed by atoms with van der Waals surface area (Å²) in [7, 11) is 0. The molecular weight excluding hydrogens is 258 g/mol. The number of hydrogen-bond donors (Lipinski definition) is 1. The molecule has 1 aliphatic rings. The smallest absolute Gasteiger partial charge is 0.0951 e. The van der Waals surface area contributed by atoms with E-state index in [9.17, 15) is 0 Å². The van der Waals surface area contributed by atoms with Crippen molar-refractivity contribution in [1.82, 2.24) is 14.9 Å². The van der Waals surface area contributed by atoms with Crippen LogP contribution in [0.3, 0.4) is 0 Å². The molecule has 3 heteroatoms. The van der Waals surface area contributed by atoms with Gasteiger partial charge in [0.25, 0.3) is 0 Å². The summed E-state index contributed by atoms with van der Waals surface area (Å²) in [6, 6.07) is 15.6. The maximum atomic E-state index is 4.37. The number of nitrogens with zero attached hydrogens (tertiary/aromatic N) is 2. The van der Waals surface area contributed by atoms with Gasteiger partial charge in [-0.25, -0.2) is 4.98 Å². The highest BCUT2D eigenvalue weighted by Crippen LogP contribution is 2.25. The number of imidazole rings is 1. The van der Waals surface area contributed by atoms with Gasteiger partial charge in [-0.2, -0.15) is 0 Å². The van der Waals surface area contributed by atoms with Crippen LogP contribution in [0.2, 0.25) is 0 Å². The van der Waals surface area contributed by atoms with Crippen molar-refractivity contribution in [1.29, 1.82) is 0 Å². The molecule has 0 amide bonds. The van der Waals surface area contributed by atoms with Crippen molar-refractivity contribution in [3.05, 3.63) is 66.2 Å². The second-order valence-electron chi connectivity index (χ2n) is 5.73. The van der Waals surface area contributed by atoms with Crippen LogP contribution in [0.25, 0.3) is 10.8 Å². The second kappa shape index (κ2) is 5.34. The second-order valence-corrected chi connectivity index (χ2v) is 5.73. The SMILES string of the molecule is c1ccc2c(Cn3cncc3[C@@H]3CCCN3)cccc2c1. The fourth-order valence-electron chi connectivity index (χ4n) is 3.30. The van der Waals surface area contributed by atoms with E-state index in [1.807, 2.05) is 12.5 Å². The third-order valence-electron chi connectivity index (χ3n) is 4.38. The van der Waals surface area contributed by atoms with Gasteiger partial charge in [-0.3, -0.25) is 0 Å². The molecule has 0 unspecified atom stereocenters. The van der Waals surface area contributed by atoms with E-state index in [0.29, 0.717) is 6.04 Å². The first-order valence-electron chi connectivity index (χ1n) is 7.62. The molecule has 3 aromatic rings. The van der Waals surface area contributed by atoms with Gasteiger partial charge in [0, 0.05) is 18.8 Å². The van der Waals surface area contributed by atoms with Crippen LogP contribution in [0.15, 0.2) is 55.0 Å². The van der Waals surface area contributed by atoms with Gasteiger partial charge in [-0.15, -0.1) is 0 Å². The number of rotatable bonds is 3. The van der Waals surface area contributed by atoms with Gasteiger partial charge in [0.15, 0.2) is 0 Å². The Morgan fingerprint density at radius 1 is 1.14 bits per heavy atom. The Bertz CT molecular complexity index is 749. The minimum atomic E-state index is 0.461. The molecule has 1 fully saturated rings. The van der Waals surface area contributed by atoms with Crippen molar-refractivity contribution in [2.45, 2.75) is 25.4 Å². The van der Waals surface area contributed by atoms with E-state index >= 15 is 0 Å². The van der Waals surface area contributed by atoms with Crippen molar-refractivity contribution < 1.29 is 0 Å². The molecule has 21 heavy (non-hydrogen) atoms. The Labute approximate surface area is 124 Å². The highest BCUT2D eigenvalue weighted by Gasteiger charge is 2.19. The molecule has 3 nitrogen and oxygen atoms in total. The summed E-state index contributed by atoms with van der Waals surface area (Å²) in [4.78, 5) is 4.37. The third-order valence-corrected chi connectivity index (χ3v) is 4.38. The number of hydrogen-bond acceptors (Lipinski definition) is 2. The van der Waals surface area contributed by atoms with Crippen molar-refractivity contribution in [3.8, 4) is 0 Å². The largest absolute Gasteiger partial charge is 0.329 e. The van der Waals surface area contributed by atoms with Gasteiger partial charge in [0.1, 0.15) is 0 Å². The molecule has 0 bridgehead atoms. The lowest BCUT2D eigenvalue weighted by Gasteiger charge is -2.15. The highest BCUT2D eigenvalue weighted by molar-refractivity contribution is 5.85. The van der Waals surface area contributed by atoms with Gasteiger partial charge in [0.05, 0.1) is 12.0 Å². The van der Waals surface area contributed by atoms with E-state index in [4.69, 9.17) is 0 Å². The summed E-state index contributed by atoms with van der Waals surface area (Å²) in [6.07, 6.45) is 6.43. The molecule has 0 spiro atoms. The molecule has 0 saturated carbocycles. The zero-order chi connectivity index (χ0) is 14.1. The first-order chi connectivity index (χ1) is 10.4. The van der Waals surface area contributed by atoms with Crippen LogP contribution < -0.4 is 5.32 Å². The molecule has 1 saturated heterocycles. The normalized spacial score (nSPS) is 18.4. The summed E-state index contributed by atoms with van der Waals surface area (Å²) >= 11 is 0. The van der Waals surface area contributed by atoms with Gasteiger partial charge in [-0.1, -0.05) is 42.5 Å². The Morgan fingerprint density at radius 2 is 2.05 bits per heavy atom. The molecule has 1 atom stereocenters. The quantitative estimate of drug-likeness (QED) is 0.794. The fourth-order valence-corrected chi connectivity index (χ4v) is 3.30. The minimum absolute atomic E-state index is 0.461. The lowest BCUT2D eigenvalue weighted by atomic mass is 10.0. The zero-order valence-corrected chi connectivity index (χ0v) is 12.0. The predicted octanol–water partition coefficient (Wildman–Crippen LogP) is 3.51. The lowest BCUT2D eigenvalue weighted by Crippen LogP contribution is -2.17. The van der Waals surface area contributed by atoms with Crippen LogP contribution in [0.4, 0.5) is 0 Å². The number of nitrogens with one attached hydrogen (secondary N) is 1. The molecular formula is C18H19N3.